The van der Waals surface area contributed by atoms with E-state index in [1.807, 2.05) is 0 Å². The van der Waals surface area contributed by atoms with E-state index in [-0.39, 0.29) is 24.3 Å². The lowest BCUT2D eigenvalue weighted by Gasteiger charge is -2.39. The minimum Gasteiger partial charge on any atom is -0.381 e. The highest BCUT2D eigenvalue weighted by Crippen LogP contribution is 2.43. The highest BCUT2D eigenvalue weighted by molar-refractivity contribution is 7.89. The van der Waals surface area contributed by atoms with E-state index in [1.165, 1.54) is 56.0 Å². The van der Waals surface area contributed by atoms with Gasteiger partial charge in [-0.25, -0.2) is 21.9 Å². The van der Waals surface area contributed by atoms with Gasteiger partial charge in [0.25, 0.3) is 5.91 Å². The highest BCUT2D eigenvalue weighted by atomic mass is 35.5. The lowest BCUT2D eigenvalue weighted by molar-refractivity contribution is -0.149. The molecular formula is C23H29ClF2N2O4S. The van der Waals surface area contributed by atoms with Gasteiger partial charge in [0.15, 0.2) is 0 Å². The number of nitrogens with one attached hydrogen (secondary N) is 1. The summed E-state index contributed by atoms with van der Waals surface area (Å²) in [6.07, 6.45) is 3.01. The molecule has 1 heterocycles. The van der Waals surface area contributed by atoms with Crippen molar-refractivity contribution >= 4 is 33.1 Å². The second-order valence-electron chi connectivity index (χ2n) is 9.03. The van der Waals surface area contributed by atoms with E-state index in [0.717, 1.165) is 0 Å². The Morgan fingerprint density at radius 3 is 2.70 bits per heavy atom. The van der Waals surface area contributed by atoms with Crippen molar-refractivity contribution in [3.63, 3.8) is 0 Å². The van der Waals surface area contributed by atoms with Crippen LogP contribution < -0.4 is 4.72 Å². The number of allylic oxidation sites excluding steroid dienone is 4. The predicted molar refractivity (Wildman–Crippen MR) is 124 cm³/mol. The number of hydrogen-bond donors (Lipinski definition) is 2. The van der Waals surface area contributed by atoms with Crippen molar-refractivity contribution in [2.24, 2.45) is 0 Å². The third kappa shape index (κ3) is 5.65. The van der Waals surface area contributed by atoms with E-state index in [0.29, 0.717) is 12.0 Å². The molecule has 1 aliphatic carbocycles. The molecule has 33 heavy (non-hydrogen) atoms. The van der Waals surface area contributed by atoms with E-state index >= 15 is 4.39 Å². The number of rotatable bonds is 7. The number of carbonyl (C=O) groups is 1. The van der Waals surface area contributed by atoms with Crippen LogP contribution in [0.15, 0.2) is 42.5 Å². The summed E-state index contributed by atoms with van der Waals surface area (Å²) in [5, 5.41) is 10.3. The summed E-state index contributed by atoms with van der Waals surface area (Å²) in [5.41, 5.74) is -1.16. The van der Waals surface area contributed by atoms with Gasteiger partial charge in [0, 0.05) is 12.6 Å². The van der Waals surface area contributed by atoms with Gasteiger partial charge in [0.1, 0.15) is 22.5 Å². The van der Waals surface area contributed by atoms with Gasteiger partial charge in [0.2, 0.25) is 10.0 Å². The van der Waals surface area contributed by atoms with Crippen molar-refractivity contribution in [1.29, 1.82) is 0 Å². The van der Waals surface area contributed by atoms with Crippen molar-refractivity contribution in [2.75, 3.05) is 12.3 Å². The van der Waals surface area contributed by atoms with Gasteiger partial charge in [-0.2, -0.15) is 0 Å². The largest absolute Gasteiger partial charge is 0.381 e. The molecule has 3 rings (SSSR count). The normalized spacial score (nSPS) is 28.2. The zero-order chi connectivity index (χ0) is 24.6. The van der Waals surface area contributed by atoms with Crippen LogP contribution >= 0.6 is 11.6 Å². The number of hydrogen-bond acceptors (Lipinski definition) is 4. The van der Waals surface area contributed by atoms with Crippen molar-refractivity contribution in [2.45, 2.75) is 62.3 Å². The molecule has 4 atom stereocenters. The Morgan fingerprint density at radius 1 is 1.39 bits per heavy atom. The zero-order valence-corrected chi connectivity index (χ0v) is 20.3. The SMILES string of the molecule is CCS(=O)(=O)N[C@H]1CCN(C(=O)C(C)(C)O)[C@H]1CC1(Cl)C=CC=C(c2cccc(F)c2)C1F. The van der Waals surface area contributed by atoms with Crippen LogP contribution in [0, 0.1) is 5.82 Å². The molecule has 0 saturated carbocycles. The Bertz CT molecular complexity index is 1070. The summed E-state index contributed by atoms with van der Waals surface area (Å²) >= 11 is 6.77. The standard InChI is InChI=1S/C23H29ClF2N2O4S/c1-4-33(31,32)27-18-10-12-28(21(29)22(2,3)30)19(18)14-23(24)11-6-9-17(20(23)26)15-7-5-8-16(25)13-15/h5-9,11,13,18-20,27,30H,4,10,12,14H2,1-3H3/t18-,19-,20?,23?/m0/s1. The molecule has 0 aromatic heterocycles. The van der Waals surface area contributed by atoms with Crippen LogP contribution in [0.4, 0.5) is 8.78 Å². The van der Waals surface area contributed by atoms with Crippen LogP contribution in [-0.2, 0) is 14.8 Å². The topological polar surface area (TPSA) is 86.7 Å². The number of likely N-dealkylation sites (tertiary alicyclic amines) is 1. The molecule has 1 saturated heterocycles. The predicted octanol–water partition coefficient (Wildman–Crippen LogP) is 3.16. The molecule has 2 unspecified atom stereocenters. The number of alkyl halides is 2. The fourth-order valence-electron chi connectivity index (χ4n) is 4.30. The molecule has 0 spiro atoms. The van der Waals surface area contributed by atoms with Crippen LogP contribution in [0.5, 0.6) is 0 Å². The molecule has 182 valence electrons. The number of sulfonamides is 1. The Labute approximate surface area is 198 Å². The molecule has 1 aromatic rings. The first-order chi connectivity index (χ1) is 15.3. The number of carbonyl (C=O) groups excluding carboxylic acids is 1. The molecule has 0 radical (unpaired) electrons. The number of amides is 1. The first-order valence-corrected chi connectivity index (χ1v) is 12.8. The minimum atomic E-state index is -3.61. The van der Waals surface area contributed by atoms with Crippen LogP contribution in [0.2, 0.25) is 0 Å². The average molecular weight is 503 g/mol. The molecule has 10 heteroatoms. The van der Waals surface area contributed by atoms with E-state index in [2.05, 4.69) is 4.72 Å². The lowest BCUT2D eigenvalue weighted by Crippen LogP contribution is -2.54. The Balaban J connectivity index is 1.93. The minimum absolute atomic E-state index is 0.113. The van der Waals surface area contributed by atoms with Gasteiger partial charge >= 0.3 is 0 Å². The van der Waals surface area contributed by atoms with Gasteiger partial charge in [-0.15, -0.1) is 11.6 Å². The molecule has 2 aliphatic rings. The van der Waals surface area contributed by atoms with Gasteiger partial charge in [-0.1, -0.05) is 30.4 Å². The van der Waals surface area contributed by atoms with Crippen molar-refractivity contribution in [1.82, 2.24) is 9.62 Å². The highest BCUT2D eigenvalue weighted by Gasteiger charge is 2.49. The first-order valence-electron chi connectivity index (χ1n) is 10.8. The number of nitrogens with zero attached hydrogens (tertiary/aromatic N) is 1. The maximum atomic E-state index is 15.8. The summed E-state index contributed by atoms with van der Waals surface area (Å²) in [7, 11) is -3.61. The molecule has 1 amide bonds. The van der Waals surface area contributed by atoms with Crippen LogP contribution in [0.1, 0.15) is 39.2 Å². The third-order valence-electron chi connectivity index (χ3n) is 6.06. The lowest BCUT2D eigenvalue weighted by atomic mass is 9.82. The summed E-state index contributed by atoms with van der Waals surface area (Å²) in [5.74, 6) is -1.26. The second-order valence-corrected chi connectivity index (χ2v) is 11.8. The smallest absolute Gasteiger partial charge is 0.254 e. The maximum Gasteiger partial charge on any atom is 0.254 e. The van der Waals surface area contributed by atoms with Gasteiger partial charge < -0.3 is 10.0 Å². The van der Waals surface area contributed by atoms with Gasteiger partial charge in [0.05, 0.1) is 11.8 Å². The Hall–Kier alpha value is -1.81. The van der Waals surface area contributed by atoms with E-state index in [9.17, 15) is 22.7 Å². The first kappa shape index (κ1) is 25.8. The van der Waals surface area contributed by atoms with Crippen LogP contribution in [-0.4, -0.2) is 65.4 Å². The molecule has 1 aromatic carbocycles. The maximum absolute atomic E-state index is 15.8. The van der Waals surface area contributed by atoms with Crippen LogP contribution in [0.25, 0.3) is 5.57 Å². The molecule has 6 nitrogen and oxygen atoms in total. The summed E-state index contributed by atoms with van der Waals surface area (Å²) in [6, 6.07) is 4.04. The van der Waals surface area contributed by atoms with Gasteiger partial charge in [-0.05, 0) is 56.9 Å². The second kappa shape index (κ2) is 9.44. The molecule has 2 N–H and O–H groups in total. The zero-order valence-electron chi connectivity index (χ0n) is 18.8. The average Bonchev–Trinajstić information content (AvgIpc) is 3.09. The van der Waals surface area contributed by atoms with Crippen molar-refractivity contribution in [3.8, 4) is 0 Å². The number of aliphatic hydroxyl groups is 1. The number of halogens is 3. The molecule has 1 fully saturated rings. The van der Waals surface area contributed by atoms with E-state index in [1.54, 1.807) is 12.1 Å². The molecule has 0 bridgehead atoms. The molecular weight excluding hydrogens is 474 g/mol. The fraction of sp³-hybridized carbons (Fsp3) is 0.522. The summed E-state index contributed by atoms with van der Waals surface area (Å²) < 4.78 is 56.6. The van der Waals surface area contributed by atoms with Crippen molar-refractivity contribution in [3.05, 3.63) is 53.9 Å². The van der Waals surface area contributed by atoms with E-state index < -0.39 is 50.5 Å². The quantitative estimate of drug-likeness (QED) is 0.561. The monoisotopic (exact) mass is 502 g/mol. The molecule has 1 aliphatic heterocycles. The number of benzene rings is 1. The third-order valence-corrected chi connectivity index (χ3v) is 7.96. The van der Waals surface area contributed by atoms with Crippen molar-refractivity contribution < 1.29 is 27.1 Å². The summed E-state index contributed by atoms with van der Waals surface area (Å²) in [6.45, 7) is 4.36. The fourth-order valence-corrected chi connectivity index (χ4v) is 5.55. The van der Waals surface area contributed by atoms with E-state index in [4.69, 9.17) is 11.6 Å². The Morgan fingerprint density at radius 2 is 2.09 bits per heavy atom. The Kier molecular flexibility index (Phi) is 7.39. The van der Waals surface area contributed by atoms with Crippen LogP contribution in [0.3, 0.4) is 0 Å². The summed E-state index contributed by atoms with van der Waals surface area (Å²) in [4.78, 5) is 12.7. The van der Waals surface area contributed by atoms with Gasteiger partial charge in [-0.3, -0.25) is 4.79 Å².